The van der Waals surface area contributed by atoms with Crippen LogP contribution in [0.15, 0.2) is 54.9 Å². The van der Waals surface area contributed by atoms with E-state index in [0.29, 0.717) is 18.7 Å². The Morgan fingerprint density at radius 3 is 2.67 bits per heavy atom. The van der Waals surface area contributed by atoms with Gasteiger partial charge >= 0.3 is 6.03 Å². The number of hydrogen-bond acceptors (Lipinski definition) is 5. The lowest BCUT2D eigenvalue weighted by Gasteiger charge is -2.41. The molecule has 158 valence electrons. The van der Waals surface area contributed by atoms with Crippen molar-refractivity contribution in [2.45, 2.75) is 37.6 Å². The van der Waals surface area contributed by atoms with E-state index in [2.05, 4.69) is 39.6 Å². The van der Waals surface area contributed by atoms with Crippen molar-refractivity contribution >= 4 is 17.6 Å². The molecule has 3 amide bonds. The summed E-state index contributed by atoms with van der Waals surface area (Å²) in [7, 11) is 0. The fourth-order valence-electron chi connectivity index (χ4n) is 4.40. The van der Waals surface area contributed by atoms with Crippen LogP contribution in [0.5, 0.6) is 0 Å². The Balaban J connectivity index is 1.42. The fraction of sp³-hybridized carbons (Fsp3) is 0.409. The third-order valence-electron chi connectivity index (χ3n) is 6.05. The number of aromatic nitrogens is 1. The molecule has 3 N–H and O–H groups in total. The number of para-hydroxylation sites is 1. The van der Waals surface area contributed by atoms with Crippen LogP contribution in [0.1, 0.15) is 25.3 Å². The van der Waals surface area contributed by atoms with Crippen molar-refractivity contribution in [3.05, 3.63) is 60.4 Å². The smallest absolute Gasteiger partial charge is 0.317 e. The van der Waals surface area contributed by atoms with Gasteiger partial charge in [-0.05, 0) is 31.5 Å². The van der Waals surface area contributed by atoms with Gasteiger partial charge in [-0.3, -0.25) is 9.78 Å². The van der Waals surface area contributed by atoms with Crippen molar-refractivity contribution in [1.82, 2.24) is 20.5 Å². The Morgan fingerprint density at radius 1 is 1.23 bits per heavy atom. The molecule has 0 saturated carbocycles. The number of piperazine rings is 1. The molecule has 0 bridgehead atoms. The number of nitrogens with zero attached hydrogens (tertiary/aromatic N) is 3. The zero-order chi connectivity index (χ0) is 21.1. The van der Waals surface area contributed by atoms with E-state index in [1.165, 1.54) is 0 Å². The van der Waals surface area contributed by atoms with Gasteiger partial charge in [-0.2, -0.15) is 0 Å². The molecule has 3 heterocycles. The predicted octanol–water partition coefficient (Wildman–Crippen LogP) is 1.43. The second-order valence-electron chi connectivity index (χ2n) is 7.93. The Kier molecular flexibility index (Phi) is 5.59. The zero-order valence-electron chi connectivity index (χ0n) is 17.0. The lowest BCUT2D eigenvalue weighted by molar-refractivity contribution is -0.132. The highest BCUT2D eigenvalue weighted by Gasteiger charge is 2.47. The molecule has 2 aliphatic rings. The van der Waals surface area contributed by atoms with E-state index >= 15 is 0 Å². The zero-order valence-corrected chi connectivity index (χ0v) is 17.0. The second kappa shape index (κ2) is 8.31. The van der Waals surface area contributed by atoms with Crippen LogP contribution < -0.4 is 15.5 Å². The molecular weight excluding hydrogens is 382 g/mol. The largest absolute Gasteiger partial charge is 0.371 e. The predicted molar refractivity (Wildman–Crippen MR) is 113 cm³/mol. The summed E-state index contributed by atoms with van der Waals surface area (Å²) in [5, 5.41) is 15.8. The number of rotatable bonds is 5. The van der Waals surface area contributed by atoms with Crippen molar-refractivity contribution < 1.29 is 14.7 Å². The van der Waals surface area contributed by atoms with Gasteiger partial charge in [-0.25, -0.2) is 4.79 Å². The van der Waals surface area contributed by atoms with Crippen molar-refractivity contribution in [1.29, 1.82) is 0 Å². The first kappa shape index (κ1) is 20.2. The monoisotopic (exact) mass is 409 g/mol. The molecule has 2 saturated heterocycles. The first-order chi connectivity index (χ1) is 14.5. The molecule has 30 heavy (non-hydrogen) atoms. The molecule has 0 spiro atoms. The van der Waals surface area contributed by atoms with Crippen LogP contribution in [0.3, 0.4) is 0 Å². The second-order valence-corrected chi connectivity index (χ2v) is 7.93. The first-order valence-electron chi connectivity index (χ1n) is 10.3. The van der Waals surface area contributed by atoms with Crippen LogP contribution in [-0.4, -0.2) is 58.8 Å². The minimum atomic E-state index is -1.13. The molecule has 3 atom stereocenters. The quantitative estimate of drug-likeness (QED) is 0.694. The van der Waals surface area contributed by atoms with Crippen molar-refractivity contribution in [3.8, 4) is 0 Å². The van der Waals surface area contributed by atoms with Crippen molar-refractivity contribution in [2.75, 3.05) is 24.5 Å². The highest BCUT2D eigenvalue weighted by atomic mass is 16.3. The number of anilines is 1. The number of amides is 3. The molecular formula is C22H27N5O3. The van der Waals surface area contributed by atoms with Gasteiger partial charge in [0.1, 0.15) is 5.54 Å². The average Bonchev–Trinajstić information content (AvgIpc) is 3.07. The van der Waals surface area contributed by atoms with Crippen LogP contribution >= 0.6 is 0 Å². The van der Waals surface area contributed by atoms with E-state index in [9.17, 15) is 14.7 Å². The Hall–Kier alpha value is -3.13. The third kappa shape index (κ3) is 3.82. The SMILES string of the molecule is C[C@@H]1CN(C(=O)CCC2(c3cccnc3)NC(=O)NC2O)CCN1c1ccccc1. The van der Waals surface area contributed by atoms with E-state index < -0.39 is 17.8 Å². The lowest BCUT2D eigenvalue weighted by Crippen LogP contribution is -2.54. The number of carbonyl (C=O) groups excluding carboxylic acids is 2. The molecule has 2 unspecified atom stereocenters. The summed E-state index contributed by atoms with van der Waals surface area (Å²) in [6.45, 7) is 4.17. The number of benzene rings is 1. The molecule has 1 aromatic heterocycles. The molecule has 2 aliphatic heterocycles. The van der Waals surface area contributed by atoms with Crippen LogP contribution in [0, 0.1) is 0 Å². The molecule has 0 aliphatic carbocycles. The van der Waals surface area contributed by atoms with Crippen molar-refractivity contribution in [3.63, 3.8) is 0 Å². The molecule has 0 radical (unpaired) electrons. The van der Waals surface area contributed by atoms with Gasteiger partial charge in [-0.15, -0.1) is 0 Å². The van der Waals surface area contributed by atoms with E-state index in [0.717, 1.165) is 12.2 Å². The van der Waals surface area contributed by atoms with E-state index in [-0.39, 0.29) is 24.8 Å². The fourth-order valence-corrected chi connectivity index (χ4v) is 4.40. The molecule has 4 rings (SSSR count). The van der Waals surface area contributed by atoms with Crippen LogP contribution in [-0.2, 0) is 10.3 Å². The summed E-state index contributed by atoms with van der Waals surface area (Å²) < 4.78 is 0. The molecule has 2 fully saturated rings. The van der Waals surface area contributed by atoms with Crippen LogP contribution in [0.25, 0.3) is 0 Å². The van der Waals surface area contributed by atoms with Crippen LogP contribution in [0.4, 0.5) is 10.5 Å². The summed E-state index contributed by atoms with van der Waals surface area (Å²) in [6, 6.07) is 13.5. The Morgan fingerprint density at radius 2 is 2.03 bits per heavy atom. The minimum absolute atomic E-state index is 0.0196. The van der Waals surface area contributed by atoms with E-state index in [1.54, 1.807) is 24.5 Å². The summed E-state index contributed by atoms with van der Waals surface area (Å²) in [5.41, 5.74) is 0.764. The maximum Gasteiger partial charge on any atom is 0.317 e. The minimum Gasteiger partial charge on any atom is -0.371 e. The number of pyridine rings is 1. The molecule has 8 nitrogen and oxygen atoms in total. The highest BCUT2D eigenvalue weighted by Crippen LogP contribution is 2.32. The normalized spacial score (nSPS) is 26.3. The van der Waals surface area contributed by atoms with Crippen molar-refractivity contribution in [2.24, 2.45) is 0 Å². The standard InChI is InChI=1S/C22H27N5O3/c1-16-15-26(12-13-27(16)18-7-3-2-4-8-18)19(28)9-10-22(17-6-5-11-23-14-17)20(29)24-21(30)25-22/h2-8,11,14,16,20,29H,9-10,12-13,15H2,1H3,(H2,24,25,30)/t16-,20?,22?/m1/s1. The topological polar surface area (TPSA) is 97.8 Å². The number of urea groups is 1. The number of carbonyl (C=O) groups is 2. The first-order valence-corrected chi connectivity index (χ1v) is 10.3. The third-order valence-corrected chi connectivity index (χ3v) is 6.05. The lowest BCUT2D eigenvalue weighted by atomic mass is 9.85. The number of aliphatic hydroxyl groups is 1. The van der Waals surface area contributed by atoms with Gasteiger partial charge in [0, 0.05) is 55.7 Å². The maximum absolute atomic E-state index is 13.0. The van der Waals surface area contributed by atoms with E-state index in [1.807, 2.05) is 23.1 Å². The molecule has 8 heteroatoms. The summed E-state index contributed by atoms with van der Waals surface area (Å²) in [5.74, 6) is 0.0196. The molecule has 2 aromatic rings. The van der Waals surface area contributed by atoms with Gasteiger partial charge in [0.25, 0.3) is 0 Å². The highest BCUT2D eigenvalue weighted by molar-refractivity contribution is 5.80. The van der Waals surface area contributed by atoms with Gasteiger partial charge < -0.3 is 25.5 Å². The van der Waals surface area contributed by atoms with Gasteiger partial charge in [0.05, 0.1) is 0 Å². The van der Waals surface area contributed by atoms with Gasteiger partial charge in [0.15, 0.2) is 6.23 Å². The maximum atomic E-state index is 13.0. The summed E-state index contributed by atoms with van der Waals surface area (Å²) in [4.78, 5) is 33.2. The summed E-state index contributed by atoms with van der Waals surface area (Å²) >= 11 is 0. The van der Waals surface area contributed by atoms with E-state index in [4.69, 9.17) is 0 Å². The number of hydrogen-bond donors (Lipinski definition) is 3. The number of nitrogens with one attached hydrogen (secondary N) is 2. The van der Waals surface area contributed by atoms with Gasteiger partial charge in [0.2, 0.25) is 5.91 Å². The van der Waals surface area contributed by atoms with Crippen LogP contribution in [0.2, 0.25) is 0 Å². The Labute approximate surface area is 175 Å². The molecule has 1 aromatic carbocycles. The average molecular weight is 409 g/mol. The van der Waals surface area contributed by atoms with Gasteiger partial charge in [-0.1, -0.05) is 24.3 Å². The summed E-state index contributed by atoms with van der Waals surface area (Å²) in [6.07, 6.45) is 2.61. The number of aliphatic hydroxyl groups excluding tert-OH is 1. The Bertz CT molecular complexity index is 894.